The first-order valence-electron chi connectivity index (χ1n) is 14.6. The van der Waals surface area contributed by atoms with Crippen molar-refractivity contribution in [2.24, 2.45) is 5.92 Å². The van der Waals surface area contributed by atoms with Gasteiger partial charge in [0.15, 0.2) is 6.29 Å². The Balaban J connectivity index is 1.16. The van der Waals surface area contributed by atoms with E-state index in [9.17, 15) is 19.5 Å². The van der Waals surface area contributed by atoms with Crippen molar-refractivity contribution in [3.63, 3.8) is 0 Å². The van der Waals surface area contributed by atoms with Gasteiger partial charge in [0.1, 0.15) is 0 Å². The van der Waals surface area contributed by atoms with Crippen molar-refractivity contribution < 1.29 is 33.7 Å². The fourth-order valence-electron chi connectivity index (χ4n) is 5.87. The molecule has 45 heavy (non-hydrogen) atoms. The first kappa shape index (κ1) is 28.6. The van der Waals surface area contributed by atoms with Gasteiger partial charge in [0.25, 0.3) is 5.91 Å². The average Bonchev–Trinajstić information content (AvgIpc) is 3.61. The van der Waals surface area contributed by atoms with Crippen LogP contribution in [0.25, 0.3) is 11.0 Å². The lowest BCUT2D eigenvalue weighted by atomic mass is 9.90. The van der Waals surface area contributed by atoms with Crippen LogP contribution in [0.3, 0.4) is 0 Å². The largest absolute Gasteiger partial charge is 0.392 e. The molecule has 0 bridgehead atoms. The summed E-state index contributed by atoms with van der Waals surface area (Å²) in [6.45, 7) is 2.60. The molecule has 1 unspecified atom stereocenters. The summed E-state index contributed by atoms with van der Waals surface area (Å²) in [5.74, 6) is -1.98. The van der Waals surface area contributed by atoms with Crippen molar-refractivity contribution in [2.45, 2.75) is 38.6 Å². The number of esters is 2. The van der Waals surface area contributed by atoms with Gasteiger partial charge in [-0.15, -0.1) is 0 Å². The minimum Gasteiger partial charge on any atom is -0.392 e. The van der Waals surface area contributed by atoms with E-state index in [1.807, 2.05) is 60.9 Å². The average molecular weight is 604 g/mol. The summed E-state index contributed by atoms with van der Waals surface area (Å²) in [6.07, 6.45) is 0.501. The number of hydrogen-bond acceptors (Lipinski definition) is 8. The van der Waals surface area contributed by atoms with Gasteiger partial charge < -0.3 is 29.2 Å². The number of para-hydroxylation sites is 2. The normalized spacial score (nSPS) is 21.0. The zero-order chi connectivity index (χ0) is 31.1. The molecule has 226 valence electrons. The number of hydrogen-bond donors (Lipinski definition) is 2. The Morgan fingerprint density at radius 2 is 1.69 bits per heavy atom. The number of aliphatic hydroxyl groups excluding tert-OH is 1. The molecule has 2 aliphatic heterocycles. The third-order valence-corrected chi connectivity index (χ3v) is 8.35. The second-order valence-electron chi connectivity index (χ2n) is 11.2. The maximum atomic E-state index is 13.1. The van der Waals surface area contributed by atoms with Gasteiger partial charge in [0.2, 0.25) is 0 Å². The molecular weight excluding hydrogens is 574 g/mol. The van der Waals surface area contributed by atoms with Crippen LogP contribution >= 0.6 is 0 Å². The number of aliphatic hydroxyl groups is 1. The number of ether oxygens (including phenoxy) is 3. The predicted molar refractivity (Wildman–Crippen MR) is 163 cm³/mol. The number of carbonyl (C=O) groups is 3. The fourth-order valence-corrected chi connectivity index (χ4v) is 5.87. The van der Waals surface area contributed by atoms with E-state index < -0.39 is 24.1 Å². The molecule has 2 N–H and O–H groups in total. The number of aromatic nitrogens is 2. The van der Waals surface area contributed by atoms with Crippen molar-refractivity contribution in [1.82, 2.24) is 9.55 Å². The van der Waals surface area contributed by atoms with Crippen molar-refractivity contribution in [2.75, 3.05) is 5.32 Å². The number of nitrogens with one attached hydrogen (secondary N) is 1. The Morgan fingerprint density at radius 3 is 2.51 bits per heavy atom. The van der Waals surface area contributed by atoms with E-state index in [1.54, 1.807) is 18.2 Å². The molecule has 5 aromatic rings. The summed E-state index contributed by atoms with van der Waals surface area (Å²) in [4.78, 5) is 41.4. The summed E-state index contributed by atoms with van der Waals surface area (Å²) in [5.41, 5.74) is 5.31. The highest BCUT2D eigenvalue weighted by Crippen LogP contribution is 2.42. The highest BCUT2D eigenvalue weighted by Gasteiger charge is 2.39. The molecule has 3 heterocycles. The number of amides is 1. The number of anilines is 1. The number of fused-ring (bicyclic) bond motifs is 2. The number of imidazole rings is 1. The summed E-state index contributed by atoms with van der Waals surface area (Å²) in [5, 5.41) is 12.4. The molecule has 0 radical (unpaired) electrons. The Hall–Kier alpha value is -5.16. The van der Waals surface area contributed by atoms with Crippen molar-refractivity contribution >= 4 is 34.6 Å². The summed E-state index contributed by atoms with van der Waals surface area (Å²) in [6, 6.07) is 27.1. The molecule has 1 fully saturated rings. The maximum Gasteiger partial charge on any atom is 0.346 e. The molecule has 4 aromatic carbocycles. The molecule has 4 atom stereocenters. The molecule has 0 saturated carbocycles. The first-order chi connectivity index (χ1) is 21.9. The number of benzene rings is 4. The number of nitrogens with zero attached hydrogens (tertiary/aromatic N) is 2. The molecule has 10 nitrogen and oxygen atoms in total. The minimum absolute atomic E-state index is 0.0383. The van der Waals surface area contributed by atoms with Crippen molar-refractivity contribution in [3.8, 4) is 0 Å². The number of cyclic esters (lactones) is 2. The molecule has 0 aliphatic carbocycles. The quantitative estimate of drug-likeness (QED) is 0.182. The lowest BCUT2D eigenvalue weighted by Crippen LogP contribution is -2.39. The van der Waals surface area contributed by atoms with Crippen LogP contribution in [-0.2, 0) is 27.4 Å². The van der Waals surface area contributed by atoms with Crippen LogP contribution in [0.4, 0.5) is 5.69 Å². The zero-order valence-corrected chi connectivity index (χ0v) is 24.3. The highest BCUT2D eigenvalue weighted by molar-refractivity contribution is 6.16. The van der Waals surface area contributed by atoms with Crippen LogP contribution in [0.5, 0.6) is 0 Å². The lowest BCUT2D eigenvalue weighted by Gasteiger charge is -2.41. The lowest BCUT2D eigenvalue weighted by molar-refractivity contribution is -0.276. The first-order valence-corrected chi connectivity index (χ1v) is 14.6. The minimum atomic E-state index is -0.772. The monoisotopic (exact) mass is 603 g/mol. The predicted octanol–water partition coefficient (Wildman–Crippen LogP) is 5.58. The van der Waals surface area contributed by atoms with E-state index in [1.165, 1.54) is 18.2 Å². The number of carbonyl (C=O) groups excluding carboxylic acids is 3. The molecule has 0 spiro atoms. The van der Waals surface area contributed by atoms with Gasteiger partial charge in [0, 0.05) is 22.7 Å². The Labute approximate surface area is 258 Å². The number of rotatable bonds is 7. The van der Waals surface area contributed by atoms with E-state index in [-0.39, 0.29) is 41.4 Å². The van der Waals surface area contributed by atoms with Gasteiger partial charge >= 0.3 is 11.9 Å². The smallest absolute Gasteiger partial charge is 0.346 e. The maximum absolute atomic E-state index is 13.1. The summed E-state index contributed by atoms with van der Waals surface area (Å²) in [7, 11) is 0. The molecular formula is C35H29N3O7. The van der Waals surface area contributed by atoms with Crippen LogP contribution in [0, 0.1) is 5.92 Å². The molecule has 7 rings (SSSR count). The van der Waals surface area contributed by atoms with Gasteiger partial charge in [-0.3, -0.25) is 4.79 Å². The molecule has 1 aromatic heterocycles. The zero-order valence-electron chi connectivity index (χ0n) is 24.3. The van der Waals surface area contributed by atoms with Gasteiger partial charge in [-0.1, -0.05) is 55.5 Å². The molecule has 1 amide bonds. The van der Waals surface area contributed by atoms with Crippen LogP contribution in [-0.4, -0.2) is 38.6 Å². The van der Waals surface area contributed by atoms with Crippen molar-refractivity contribution in [3.05, 3.63) is 131 Å². The van der Waals surface area contributed by atoms with E-state index in [4.69, 9.17) is 9.47 Å². The SMILES string of the molecule is C[C@H]1[C@@H](Cn2cnc3ccccc32)OC(c2cccc(NC(=O)c3ccc4c(c3)C(=O)OC4=O)c2)O[C@H]1c1ccc(CO)cc1. The summed E-state index contributed by atoms with van der Waals surface area (Å²) >= 11 is 0. The van der Waals surface area contributed by atoms with E-state index in [2.05, 4.69) is 26.5 Å². The molecule has 1 saturated heterocycles. The van der Waals surface area contributed by atoms with Crippen LogP contribution < -0.4 is 5.32 Å². The van der Waals surface area contributed by atoms with Gasteiger partial charge in [-0.05, 0) is 53.6 Å². The Morgan fingerprint density at radius 1 is 0.889 bits per heavy atom. The van der Waals surface area contributed by atoms with Crippen LogP contribution in [0.15, 0.2) is 97.3 Å². The van der Waals surface area contributed by atoms with E-state index in [0.717, 1.165) is 22.2 Å². The topological polar surface area (TPSA) is 129 Å². The van der Waals surface area contributed by atoms with Gasteiger partial charge in [0.05, 0.1) is 53.8 Å². The third kappa shape index (κ3) is 5.51. The molecule has 10 heteroatoms. The van der Waals surface area contributed by atoms with Gasteiger partial charge in [-0.25, -0.2) is 14.6 Å². The van der Waals surface area contributed by atoms with Gasteiger partial charge in [-0.2, -0.15) is 0 Å². The van der Waals surface area contributed by atoms with Crippen LogP contribution in [0.1, 0.15) is 67.1 Å². The summed E-state index contributed by atoms with van der Waals surface area (Å²) < 4.78 is 19.9. The second kappa shape index (κ2) is 11.7. The third-order valence-electron chi connectivity index (χ3n) is 8.35. The molecule has 2 aliphatic rings. The fraction of sp³-hybridized carbons (Fsp3) is 0.200. The Kier molecular flexibility index (Phi) is 7.46. The van der Waals surface area contributed by atoms with Crippen LogP contribution in [0.2, 0.25) is 0 Å². The highest BCUT2D eigenvalue weighted by atomic mass is 16.7. The van der Waals surface area contributed by atoms with Crippen molar-refractivity contribution in [1.29, 1.82) is 0 Å². The van der Waals surface area contributed by atoms with E-state index >= 15 is 0 Å². The standard InChI is InChI=1S/C35H29N3O7/c1-20-30(17-38-19-36-28-7-2-3-8-29(28)38)43-35(44-31(20)22-11-9-21(18-39)10-12-22)24-5-4-6-25(15-24)37-32(40)23-13-14-26-27(16-23)34(42)45-33(26)41/h2-16,19-20,30-31,35,39H,17-18H2,1H3,(H,37,40)/t20-,30+,31+,35?/m0/s1. The second-order valence-corrected chi connectivity index (χ2v) is 11.2. The van der Waals surface area contributed by atoms with E-state index in [0.29, 0.717) is 17.8 Å². The Bertz CT molecular complexity index is 1930.